The lowest BCUT2D eigenvalue weighted by Crippen LogP contribution is -2.06. The van der Waals surface area contributed by atoms with Gasteiger partial charge in [0.15, 0.2) is 0 Å². The zero-order valence-corrected chi connectivity index (χ0v) is 7.83. The SMILES string of the molecule is CC(c1ccc(O)cc1)n1cncn1. The molecule has 14 heavy (non-hydrogen) atoms. The maximum atomic E-state index is 9.13. The van der Waals surface area contributed by atoms with Crippen LogP contribution < -0.4 is 0 Å². The van der Waals surface area contributed by atoms with Crippen LogP contribution in [0.15, 0.2) is 36.9 Å². The number of phenolic OH excluding ortho intramolecular Hbond substituents is 1. The van der Waals surface area contributed by atoms with Gasteiger partial charge in [-0.1, -0.05) is 12.1 Å². The molecule has 0 spiro atoms. The standard InChI is InChI=1S/C10H11N3O/c1-8(13-7-11-6-12-13)9-2-4-10(14)5-3-9/h2-8,14H,1H3. The number of rotatable bonds is 2. The summed E-state index contributed by atoms with van der Waals surface area (Å²) < 4.78 is 1.77. The summed E-state index contributed by atoms with van der Waals surface area (Å²) in [6.07, 6.45) is 3.19. The number of aromatic hydroxyl groups is 1. The molecule has 0 aliphatic rings. The Morgan fingerprint density at radius 3 is 2.57 bits per heavy atom. The van der Waals surface area contributed by atoms with E-state index in [1.165, 1.54) is 6.33 Å². The summed E-state index contributed by atoms with van der Waals surface area (Å²) in [7, 11) is 0. The third-order valence-electron chi connectivity index (χ3n) is 2.21. The van der Waals surface area contributed by atoms with E-state index >= 15 is 0 Å². The molecule has 0 aliphatic heterocycles. The highest BCUT2D eigenvalue weighted by Gasteiger charge is 2.07. The molecule has 0 radical (unpaired) electrons. The summed E-state index contributed by atoms with van der Waals surface area (Å²) in [6, 6.07) is 7.23. The van der Waals surface area contributed by atoms with Crippen LogP contribution in [0.2, 0.25) is 0 Å². The zero-order chi connectivity index (χ0) is 9.97. The first kappa shape index (κ1) is 8.74. The molecule has 0 saturated carbocycles. The van der Waals surface area contributed by atoms with Crippen LogP contribution in [0.25, 0.3) is 0 Å². The average molecular weight is 189 g/mol. The maximum Gasteiger partial charge on any atom is 0.137 e. The van der Waals surface area contributed by atoms with Gasteiger partial charge in [0, 0.05) is 0 Å². The van der Waals surface area contributed by atoms with E-state index in [4.69, 9.17) is 5.11 Å². The largest absolute Gasteiger partial charge is 0.508 e. The fourth-order valence-corrected chi connectivity index (χ4v) is 1.32. The second kappa shape index (κ2) is 3.49. The second-order valence-electron chi connectivity index (χ2n) is 3.14. The van der Waals surface area contributed by atoms with E-state index < -0.39 is 0 Å². The molecule has 1 heterocycles. The summed E-state index contributed by atoms with van der Waals surface area (Å²) in [6.45, 7) is 2.03. The molecular weight excluding hydrogens is 178 g/mol. The fraction of sp³-hybridized carbons (Fsp3) is 0.200. The first-order chi connectivity index (χ1) is 6.77. The number of phenols is 1. The Morgan fingerprint density at radius 2 is 2.00 bits per heavy atom. The minimum absolute atomic E-state index is 0.137. The van der Waals surface area contributed by atoms with Gasteiger partial charge >= 0.3 is 0 Å². The van der Waals surface area contributed by atoms with Crippen molar-refractivity contribution in [2.45, 2.75) is 13.0 Å². The molecular formula is C10H11N3O. The van der Waals surface area contributed by atoms with Gasteiger partial charge in [-0.25, -0.2) is 9.67 Å². The molecule has 72 valence electrons. The van der Waals surface area contributed by atoms with Crippen molar-refractivity contribution in [2.24, 2.45) is 0 Å². The molecule has 0 amide bonds. The summed E-state index contributed by atoms with van der Waals surface area (Å²) in [5.74, 6) is 0.277. The first-order valence-electron chi connectivity index (χ1n) is 4.40. The Balaban J connectivity index is 2.28. The molecule has 0 fully saturated rings. The van der Waals surface area contributed by atoms with Crippen molar-refractivity contribution in [3.05, 3.63) is 42.5 Å². The molecule has 0 bridgehead atoms. The number of hydrogen-bond donors (Lipinski definition) is 1. The van der Waals surface area contributed by atoms with Crippen molar-refractivity contribution in [3.63, 3.8) is 0 Å². The summed E-state index contributed by atoms with van der Waals surface area (Å²) in [5.41, 5.74) is 1.09. The molecule has 1 aromatic heterocycles. The Kier molecular flexibility index (Phi) is 2.18. The Morgan fingerprint density at radius 1 is 1.29 bits per heavy atom. The van der Waals surface area contributed by atoms with Gasteiger partial charge < -0.3 is 5.11 Å². The number of nitrogens with zero attached hydrogens (tertiary/aromatic N) is 3. The average Bonchev–Trinajstić information content (AvgIpc) is 2.71. The Hall–Kier alpha value is -1.84. The normalized spacial score (nSPS) is 12.6. The molecule has 1 N–H and O–H groups in total. The maximum absolute atomic E-state index is 9.13. The molecule has 4 nitrogen and oxygen atoms in total. The van der Waals surface area contributed by atoms with Crippen molar-refractivity contribution in [1.29, 1.82) is 0 Å². The van der Waals surface area contributed by atoms with Gasteiger partial charge in [-0.05, 0) is 24.6 Å². The molecule has 0 saturated heterocycles. The van der Waals surface area contributed by atoms with Gasteiger partial charge in [-0.2, -0.15) is 5.10 Å². The van der Waals surface area contributed by atoms with Crippen LogP contribution in [-0.4, -0.2) is 19.9 Å². The quantitative estimate of drug-likeness (QED) is 0.780. The van der Waals surface area contributed by atoms with Crippen LogP contribution in [0.3, 0.4) is 0 Å². The molecule has 2 rings (SSSR count). The Labute approximate surface area is 81.8 Å². The number of benzene rings is 1. The summed E-state index contributed by atoms with van der Waals surface area (Å²) in [5, 5.41) is 13.2. The monoisotopic (exact) mass is 189 g/mol. The van der Waals surface area contributed by atoms with Gasteiger partial charge in [0.05, 0.1) is 6.04 Å². The van der Waals surface area contributed by atoms with Crippen LogP contribution in [0.5, 0.6) is 5.75 Å². The van der Waals surface area contributed by atoms with Gasteiger partial charge in [0.2, 0.25) is 0 Å². The Bertz CT molecular complexity index is 394. The highest BCUT2D eigenvalue weighted by atomic mass is 16.3. The lowest BCUT2D eigenvalue weighted by atomic mass is 10.1. The molecule has 2 aromatic rings. The topological polar surface area (TPSA) is 50.9 Å². The van der Waals surface area contributed by atoms with Crippen molar-refractivity contribution in [2.75, 3.05) is 0 Å². The lowest BCUT2D eigenvalue weighted by Gasteiger charge is -2.11. The molecule has 1 atom stereocenters. The third kappa shape index (κ3) is 1.59. The molecule has 1 aromatic carbocycles. The third-order valence-corrected chi connectivity index (χ3v) is 2.21. The summed E-state index contributed by atoms with van der Waals surface area (Å²) >= 11 is 0. The van der Waals surface area contributed by atoms with E-state index in [2.05, 4.69) is 10.1 Å². The zero-order valence-electron chi connectivity index (χ0n) is 7.83. The van der Waals surface area contributed by atoms with Gasteiger partial charge in [0.25, 0.3) is 0 Å². The summed E-state index contributed by atoms with van der Waals surface area (Å²) in [4.78, 5) is 3.89. The minimum atomic E-state index is 0.137. The smallest absolute Gasteiger partial charge is 0.137 e. The van der Waals surface area contributed by atoms with E-state index in [-0.39, 0.29) is 11.8 Å². The second-order valence-corrected chi connectivity index (χ2v) is 3.14. The van der Waals surface area contributed by atoms with E-state index in [9.17, 15) is 0 Å². The van der Waals surface area contributed by atoms with Crippen molar-refractivity contribution in [3.8, 4) is 5.75 Å². The van der Waals surface area contributed by atoms with Gasteiger partial charge in [0.1, 0.15) is 18.4 Å². The van der Waals surface area contributed by atoms with Crippen LogP contribution in [0.1, 0.15) is 18.5 Å². The van der Waals surface area contributed by atoms with Crippen LogP contribution in [0, 0.1) is 0 Å². The number of aromatic nitrogens is 3. The van der Waals surface area contributed by atoms with E-state index in [0.29, 0.717) is 0 Å². The lowest BCUT2D eigenvalue weighted by molar-refractivity contribution is 0.474. The highest BCUT2D eigenvalue weighted by Crippen LogP contribution is 2.18. The predicted octanol–water partition coefficient (Wildman–Crippen LogP) is 1.59. The van der Waals surface area contributed by atoms with Crippen molar-refractivity contribution >= 4 is 0 Å². The van der Waals surface area contributed by atoms with Crippen LogP contribution >= 0.6 is 0 Å². The first-order valence-corrected chi connectivity index (χ1v) is 4.40. The highest BCUT2D eigenvalue weighted by molar-refractivity contribution is 5.27. The molecule has 1 unspecified atom stereocenters. The van der Waals surface area contributed by atoms with E-state index in [0.717, 1.165) is 5.56 Å². The van der Waals surface area contributed by atoms with Crippen LogP contribution in [-0.2, 0) is 0 Å². The van der Waals surface area contributed by atoms with Crippen LogP contribution in [0.4, 0.5) is 0 Å². The van der Waals surface area contributed by atoms with E-state index in [1.807, 2.05) is 19.1 Å². The predicted molar refractivity (Wildman–Crippen MR) is 51.9 cm³/mol. The minimum Gasteiger partial charge on any atom is -0.508 e. The van der Waals surface area contributed by atoms with Gasteiger partial charge in [-0.3, -0.25) is 0 Å². The van der Waals surface area contributed by atoms with E-state index in [1.54, 1.807) is 23.1 Å². The van der Waals surface area contributed by atoms with Gasteiger partial charge in [-0.15, -0.1) is 0 Å². The molecule has 0 aliphatic carbocycles. The molecule has 4 heteroatoms. The number of hydrogen-bond acceptors (Lipinski definition) is 3. The van der Waals surface area contributed by atoms with Crippen molar-refractivity contribution in [1.82, 2.24) is 14.8 Å². The van der Waals surface area contributed by atoms with Crippen molar-refractivity contribution < 1.29 is 5.11 Å². The fourth-order valence-electron chi connectivity index (χ4n) is 1.32.